The summed E-state index contributed by atoms with van der Waals surface area (Å²) in [6.45, 7) is 3.57. The number of likely N-dealkylation sites (N-methyl/N-ethyl adjacent to an activating group) is 1. The molecule has 1 aromatic rings. The molecule has 0 spiro atoms. The van der Waals surface area contributed by atoms with Crippen molar-refractivity contribution in [1.29, 1.82) is 0 Å². The second kappa shape index (κ2) is 5.38. The van der Waals surface area contributed by atoms with E-state index in [0.29, 0.717) is 18.7 Å². The summed E-state index contributed by atoms with van der Waals surface area (Å²) >= 11 is 3.62. The molecule has 1 heterocycles. The van der Waals surface area contributed by atoms with Gasteiger partial charge < -0.3 is 15.4 Å². The molecule has 1 aliphatic rings. The number of anilines is 1. The smallest absolute Gasteiger partial charge is 0.0750 e. The molecule has 0 saturated carbocycles. The van der Waals surface area contributed by atoms with Crippen LogP contribution in [0.5, 0.6) is 0 Å². The summed E-state index contributed by atoms with van der Waals surface area (Å²) in [6.07, 6.45) is 1.38. The van der Waals surface area contributed by atoms with Crippen LogP contribution in [0, 0.1) is 0 Å². The Bertz CT molecular complexity index is 397. The zero-order valence-corrected chi connectivity index (χ0v) is 11.9. The molecule has 2 atom stereocenters. The lowest BCUT2D eigenvalue weighted by molar-refractivity contribution is 0.118. The molecule has 0 radical (unpaired) electrons. The molecule has 0 aliphatic carbocycles. The van der Waals surface area contributed by atoms with Gasteiger partial charge in [-0.05, 0) is 47.0 Å². The minimum atomic E-state index is 0.293. The first-order chi connectivity index (χ1) is 8.13. The van der Waals surface area contributed by atoms with Gasteiger partial charge in [0.15, 0.2) is 0 Å². The molecule has 0 amide bonds. The fraction of sp³-hybridized carbons (Fsp3) is 0.538. The average molecular weight is 299 g/mol. The zero-order chi connectivity index (χ0) is 12.4. The summed E-state index contributed by atoms with van der Waals surface area (Å²) in [7, 11) is 2.12. The lowest BCUT2D eigenvalue weighted by atomic mass is 10.1. The number of nitrogens with two attached hydrogens (primary N) is 1. The van der Waals surface area contributed by atoms with E-state index in [1.807, 2.05) is 0 Å². The Morgan fingerprint density at radius 3 is 2.82 bits per heavy atom. The molecular weight excluding hydrogens is 280 g/mol. The number of ether oxygens (including phenoxy) is 1. The Balaban J connectivity index is 2.21. The molecule has 0 aromatic heterocycles. The van der Waals surface area contributed by atoms with Gasteiger partial charge in [0.2, 0.25) is 0 Å². The fourth-order valence-corrected chi connectivity index (χ4v) is 3.08. The van der Waals surface area contributed by atoms with E-state index in [-0.39, 0.29) is 0 Å². The predicted molar refractivity (Wildman–Crippen MR) is 74.3 cm³/mol. The van der Waals surface area contributed by atoms with E-state index in [1.54, 1.807) is 0 Å². The molecule has 1 fully saturated rings. The minimum absolute atomic E-state index is 0.293. The third-order valence-electron chi connectivity index (χ3n) is 3.46. The first-order valence-corrected chi connectivity index (χ1v) is 6.75. The highest BCUT2D eigenvalue weighted by atomic mass is 79.9. The van der Waals surface area contributed by atoms with Gasteiger partial charge in [0, 0.05) is 24.7 Å². The van der Waals surface area contributed by atoms with E-state index >= 15 is 0 Å². The van der Waals surface area contributed by atoms with Gasteiger partial charge in [-0.1, -0.05) is 6.07 Å². The van der Waals surface area contributed by atoms with E-state index in [2.05, 4.69) is 53.0 Å². The largest absolute Gasteiger partial charge is 0.376 e. The van der Waals surface area contributed by atoms with Gasteiger partial charge in [-0.25, -0.2) is 0 Å². The van der Waals surface area contributed by atoms with Crippen LogP contribution < -0.4 is 10.6 Å². The molecule has 17 heavy (non-hydrogen) atoms. The van der Waals surface area contributed by atoms with Crippen LogP contribution in [-0.4, -0.2) is 25.8 Å². The molecule has 1 aromatic carbocycles. The van der Waals surface area contributed by atoms with Crippen molar-refractivity contribution >= 4 is 21.6 Å². The molecule has 3 nitrogen and oxygen atoms in total. The number of hydrogen-bond donors (Lipinski definition) is 1. The lowest BCUT2D eigenvalue weighted by Gasteiger charge is -2.29. The minimum Gasteiger partial charge on any atom is -0.376 e. The maximum atomic E-state index is 5.63. The van der Waals surface area contributed by atoms with Crippen molar-refractivity contribution in [2.24, 2.45) is 5.73 Å². The number of nitrogens with zero attached hydrogens (tertiary/aromatic N) is 1. The van der Waals surface area contributed by atoms with Gasteiger partial charge in [-0.2, -0.15) is 0 Å². The first-order valence-electron chi connectivity index (χ1n) is 5.96. The molecule has 1 aliphatic heterocycles. The van der Waals surface area contributed by atoms with E-state index in [0.717, 1.165) is 23.1 Å². The second-order valence-corrected chi connectivity index (χ2v) is 5.39. The average Bonchev–Trinajstić information content (AvgIpc) is 2.74. The normalized spacial score (nSPS) is 24.0. The van der Waals surface area contributed by atoms with Crippen LogP contribution in [-0.2, 0) is 11.3 Å². The van der Waals surface area contributed by atoms with Crippen molar-refractivity contribution in [3.05, 3.63) is 28.2 Å². The van der Waals surface area contributed by atoms with E-state index in [1.165, 1.54) is 5.69 Å². The number of halogens is 1. The van der Waals surface area contributed by atoms with E-state index < -0.39 is 0 Å². The topological polar surface area (TPSA) is 38.5 Å². The molecular formula is C13H19BrN2O. The van der Waals surface area contributed by atoms with Crippen molar-refractivity contribution in [1.82, 2.24) is 0 Å². The maximum absolute atomic E-state index is 5.63. The van der Waals surface area contributed by atoms with Gasteiger partial charge in [-0.15, -0.1) is 0 Å². The summed E-state index contributed by atoms with van der Waals surface area (Å²) in [4.78, 5) is 2.29. The molecule has 94 valence electrons. The Morgan fingerprint density at radius 1 is 1.53 bits per heavy atom. The van der Waals surface area contributed by atoms with Crippen LogP contribution in [0.2, 0.25) is 0 Å². The molecule has 2 N–H and O–H groups in total. The highest BCUT2D eigenvalue weighted by Crippen LogP contribution is 2.31. The van der Waals surface area contributed by atoms with Gasteiger partial charge in [0.25, 0.3) is 0 Å². The first kappa shape index (κ1) is 12.9. The molecule has 4 heteroatoms. The fourth-order valence-electron chi connectivity index (χ4n) is 2.37. The van der Waals surface area contributed by atoms with Crippen LogP contribution >= 0.6 is 15.9 Å². The number of hydrogen-bond acceptors (Lipinski definition) is 3. The quantitative estimate of drug-likeness (QED) is 0.932. The zero-order valence-electron chi connectivity index (χ0n) is 10.3. The Hall–Kier alpha value is -0.580. The van der Waals surface area contributed by atoms with Gasteiger partial charge in [-0.3, -0.25) is 0 Å². The molecule has 2 unspecified atom stereocenters. The summed E-state index contributed by atoms with van der Waals surface area (Å²) in [6, 6.07) is 6.75. The number of rotatable bonds is 3. The highest BCUT2D eigenvalue weighted by molar-refractivity contribution is 9.10. The van der Waals surface area contributed by atoms with Crippen molar-refractivity contribution in [2.45, 2.75) is 32.0 Å². The third-order valence-corrected chi connectivity index (χ3v) is 4.10. The number of benzene rings is 1. The maximum Gasteiger partial charge on any atom is 0.0750 e. The van der Waals surface area contributed by atoms with Crippen LogP contribution in [0.1, 0.15) is 18.9 Å². The van der Waals surface area contributed by atoms with Gasteiger partial charge in [0.05, 0.1) is 17.8 Å². The SMILES string of the molecule is CC1OCCC1N(C)c1ccc(CN)cc1Br. The van der Waals surface area contributed by atoms with Crippen LogP contribution in [0.3, 0.4) is 0 Å². The van der Waals surface area contributed by atoms with Crippen LogP contribution in [0.25, 0.3) is 0 Å². The monoisotopic (exact) mass is 298 g/mol. The molecule has 2 rings (SSSR count). The van der Waals surface area contributed by atoms with Crippen molar-refractivity contribution < 1.29 is 4.74 Å². The summed E-state index contributed by atoms with van der Waals surface area (Å²) < 4.78 is 6.71. The lowest BCUT2D eigenvalue weighted by Crippen LogP contribution is -2.36. The summed E-state index contributed by atoms with van der Waals surface area (Å²) in [5.41, 5.74) is 7.98. The molecule has 1 saturated heterocycles. The highest BCUT2D eigenvalue weighted by Gasteiger charge is 2.28. The summed E-state index contributed by atoms with van der Waals surface area (Å²) in [5, 5.41) is 0. The standard InChI is InChI=1S/C13H19BrN2O/c1-9-12(5-6-17-9)16(2)13-4-3-10(8-15)7-11(13)14/h3-4,7,9,12H,5-6,8,15H2,1-2H3. The Morgan fingerprint density at radius 2 is 2.29 bits per heavy atom. The van der Waals surface area contributed by atoms with Crippen LogP contribution in [0.15, 0.2) is 22.7 Å². The molecule has 0 bridgehead atoms. The van der Waals surface area contributed by atoms with Crippen molar-refractivity contribution in [2.75, 3.05) is 18.6 Å². The predicted octanol–water partition coefficient (Wildman–Crippen LogP) is 2.52. The van der Waals surface area contributed by atoms with Crippen molar-refractivity contribution in [3.63, 3.8) is 0 Å². The summed E-state index contributed by atoms with van der Waals surface area (Å²) in [5.74, 6) is 0. The van der Waals surface area contributed by atoms with E-state index in [9.17, 15) is 0 Å². The van der Waals surface area contributed by atoms with Gasteiger partial charge >= 0.3 is 0 Å². The van der Waals surface area contributed by atoms with Gasteiger partial charge in [0.1, 0.15) is 0 Å². The third kappa shape index (κ3) is 2.64. The Labute approximate surface area is 111 Å². The van der Waals surface area contributed by atoms with E-state index in [4.69, 9.17) is 10.5 Å². The Kier molecular flexibility index (Phi) is 4.07. The van der Waals surface area contributed by atoms with Crippen LogP contribution in [0.4, 0.5) is 5.69 Å². The van der Waals surface area contributed by atoms with Crippen molar-refractivity contribution in [3.8, 4) is 0 Å². The second-order valence-electron chi connectivity index (χ2n) is 4.53.